The maximum absolute atomic E-state index is 13.0. The molecule has 0 N–H and O–H groups in total. The maximum Gasteiger partial charge on any atom is 0.243 e. The van der Waals surface area contributed by atoms with Crippen LogP contribution in [0.15, 0.2) is 52.3 Å². The Hall–Kier alpha value is -1.90. The molecule has 1 aliphatic rings. The van der Waals surface area contributed by atoms with Crippen LogP contribution in [0.25, 0.3) is 0 Å². The van der Waals surface area contributed by atoms with Crippen molar-refractivity contribution in [1.82, 2.24) is 4.31 Å². The standard InChI is InChI=1S/C20H26N2O4S2/c1-4-27(23,24)19-9-7-18(8-10-19)21-11-13-22(14-12-21)28(25,26)20-15-16(2)5-6-17(20)3/h5-10,15H,4,11-14H2,1-3H3. The molecule has 0 saturated carbocycles. The van der Waals surface area contributed by atoms with Crippen molar-refractivity contribution in [2.75, 3.05) is 36.8 Å². The number of aryl methyl sites for hydroxylation is 2. The highest BCUT2D eigenvalue weighted by molar-refractivity contribution is 7.91. The molecule has 1 saturated heterocycles. The Bertz CT molecular complexity index is 1050. The molecule has 0 spiro atoms. The molecule has 1 aliphatic heterocycles. The molecule has 28 heavy (non-hydrogen) atoms. The fourth-order valence-corrected chi connectivity index (χ4v) is 5.96. The van der Waals surface area contributed by atoms with Crippen LogP contribution in [0.1, 0.15) is 18.1 Å². The third-order valence-electron chi connectivity index (χ3n) is 5.14. The summed E-state index contributed by atoms with van der Waals surface area (Å²) >= 11 is 0. The van der Waals surface area contributed by atoms with Crippen molar-refractivity contribution in [2.24, 2.45) is 0 Å². The first-order valence-electron chi connectivity index (χ1n) is 9.30. The van der Waals surface area contributed by atoms with Crippen LogP contribution in [-0.2, 0) is 19.9 Å². The molecule has 152 valence electrons. The zero-order chi connectivity index (χ0) is 20.5. The molecule has 6 nitrogen and oxygen atoms in total. The number of benzene rings is 2. The topological polar surface area (TPSA) is 74.8 Å². The summed E-state index contributed by atoms with van der Waals surface area (Å²) in [7, 11) is -6.74. The van der Waals surface area contributed by atoms with Crippen molar-refractivity contribution in [2.45, 2.75) is 30.6 Å². The molecule has 0 radical (unpaired) electrons. The summed E-state index contributed by atoms with van der Waals surface area (Å²) in [5.74, 6) is 0.0707. The van der Waals surface area contributed by atoms with E-state index < -0.39 is 19.9 Å². The van der Waals surface area contributed by atoms with Crippen molar-refractivity contribution in [1.29, 1.82) is 0 Å². The highest BCUT2D eigenvalue weighted by Gasteiger charge is 2.29. The summed E-state index contributed by atoms with van der Waals surface area (Å²) < 4.78 is 51.5. The van der Waals surface area contributed by atoms with Crippen LogP contribution in [0.3, 0.4) is 0 Å². The number of sulfone groups is 1. The first-order chi connectivity index (χ1) is 13.1. The van der Waals surface area contributed by atoms with Gasteiger partial charge in [0.2, 0.25) is 10.0 Å². The maximum atomic E-state index is 13.0. The smallest absolute Gasteiger partial charge is 0.243 e. The third-order valence-corrected chi connectivity index (χ3v) is 8.93. The van der Waals surface area contributed by atoms with Gasteiger partial charge >= 0.3 is 0 Å². The second-order valence-electron chi connectivity index (χ2n) is 7.06. The van der Waals surface area contributed by atoms with Crippen LogP contribution in [-0.4, -0.2) is 53.1 Å². The van der Waals surface area contributed by atoms with Gasteiger partial charge in [0.15, 0.2) is 9.84 Å². The van der Waals surface area contributed by atoms with Gasteiger partial charge in [-0.1, -0.05) is 19.1 Å². The minimum absolute atomic E-state index is 0.0707. The molecule has 0 amide bonds. The van der Waals surface area contributed by atoms with Gasteiger partial charge in [0.05, 0.1) is 15.5 Å². The summed E-state index contributed by atoms with van der Waals surface area (Å²) in [5.41, 5.74) is 2.57. The molecule has 0 aliphatic carbocycles. The lowest BCUT2D eigenvalue weighted by Gasteiger charge is -2.35. The van der Waals surface area contributed by atoms with E-state index in [4.69, 9.17) is 0 Å². The van der Waals surface area contributed by atoms with Gasteiger partial charge in [-0.05, 0) is 55.3 Å². The zero-order valence-corrected chi connectivity index (χ0v) is 18.1. The lowest BCUT2D eigenvalue weighted by atomic mass is 10.2. The highest BCUT2D eigenvalue weighted by atomic mass is 32.2. The second kappa shape index (κ2) is 7.85. The molecular formula is C20H26N2O4S2. The summed E-state index contributed by atoms with van der Waals surface area (Å²) in [6, 6.07) is 12.3. The van der Waals surface area contributed by atoms with Gasteiger partial charge in [0.1, 0.15) is 0 Å². The number of rotatable bonds is 5. The Balaban J connectivity index is 1.73. The normalized spacial score (nSPS) is 16.3. The van der Waals surface area contributed by atoms with Gasteiger partial charge in [0, 0.05) is 31.9 Å². The minimum Gasteiger partial charge on any atom is -0.369 e. The largest absolute Gasteiger partial charge is 0.369 e. The fraction of sp³-hybridized carbons (Fsp3) is 0.400. The van der Waals surface area contributed by atoms with E-state index in [-0.39, 0.29) is 5.75 Å². The predicted octanol–water partition coefficient (Wildman–Crippen LogP) is 2.61. The van der Waals surface area contributed by atoms with Crippen molar-refractivity contribution < 1.29 is 16.8 Å². The van der Waals surface area contributed by atoms with Gasteiger partial charge in [-0.2, -0.15) is 4.31 Å². The average molecular weight is 423 g/mol. The molecule has 1 heterocycles. The first-order valence-corrected chi connectivity index (χ1v) is 12.4. The average Bonchev–Trinajstić information content (AvgIpc) is 2.70. The molecule has 0 atom stereocenters. The third kappa shape index (κ3) is 4.09. The molecule has 1 fully saturated rings. The number of sulfonamides is 1. The van der Waals surface area contributed by atoms with Crippen LogP contribution in [0.2, 0.25) is 0 Å². The Morgan fingerprint density at radius 1 is 0.857 bits per heavy atom. The van der Waals surface area contributed by atoms with Crippen molar-refractivity contribution in [3.8, 4) is 0 Å². The van der Waals surface area contributed by atoms with Crippen LogP contribution in [0, 0.1) is 13.8 Å². The van der Waals surface area contributed by atoms with Crippen LogP contribution >= 0.6 is 0 Å². The quantitative estimate of drug-likeness (QED) is 0.740. The lowest BCUT2D eigenvalue weighted by molar-refractivity contribution is 0.384. The Labute approximate surface area is 167 Å². The van der Waals surface area contributed by atoms with E-state index in [9.17, 15) is 16.8 Å². The zero-order valence-electron chi connectivity index (χ0n) is 16.4. The fourth-order valence-electron chi connectivity index (χ4n) is 3.34. The summed E-state index contributed by atoms with van der Waals surface area (Å²) in [4.78, 5) is 2.77. The number of anilines is 1. The number of hydrogen-bond donors (Lipinski definition) is 0. The summed E-state index contributed by atoms with van der Waals surface area (Å²) in [5, 5.41) is 0. The molecule has 8 heteroatoms. The molecule has 0 aromatic heterocycles. The monoisotopic (exact) mass is 422 g/mol. The highest BCUT2D eigenvalue weighted by Crippen LogP contribution is 2.25. The number of piperazine rings is 1. The van der Waals surface area contributed by atoms with Crippen LogP contribution in [0.4, 0.5) is 5.69 Å². The Kier molecular flexibility index (Phi) is 5.84. The van der Waals surface area contributed by atoms with Crippen LogP contribution < -0.4 is 4.90 Å². The molecule has 0 unspecified atom stereocenters. The van der Waals surface area contributed by atoms with E-state index in [0.717, 1.165) is 16.8 Å². The first kappa shape index (κ1) is 20.8. The molecule has 2 aromatic carbocycles. The molecule has 3 rings (SSSR count). The molecule has 2 aromatic rings. The second-order valence-corrected chi connectivity index (χ2v) is 11.2. The molecule has 0 bridgehead atoms. The van der Waals surface area contributed by atoms with Crippen molar-refractivity contribution in [3.05, 3.63) is 53.6 Å². The molecular weight excluding hydrogens is 396 g/mol. The van der Waals surface area contributed by atoms with E-state index in [1.54, 1.807) is 37.3 Å². The summed E-state index contributed by atoms with van der Waals surface area (Å²) in [6.07, 6.45) is 0. The van der Waals surface area contributed by atoms with Gasteiger partial charge in [-0.15, -0.1) is 0 Å². The van der Waals surface area contributed by atoms with Crippen molar-refractivity contribution in [3.63, 3.8) is 0 Å². The Morgan fingerprint density at radius 2 is 1.46 bits per heavy atom. The van der Waals surface area contributed by atoms with E-state index in [0.29, 0.717) is 36.0 Å². The number of hydrogen-bond acceptors (Lipinski definition) is 5. The van der Waals surface area contributed by atoms with Gasteiger partial charge in [-0.25, -0.2) is 16.8 Å². The van der Waals surface area contributed by atoms with Gasteiger partial charge < -0.3 is 4.90 Å². The Morgan fingerprint density at radius 3 is 2.04 bits per heavy atom. The van der Waals surface area contributed by atoms with E-state index in [2.05, 4.69) is 4.90 Å². The van der Waals surface area contributed by atoms with E-state index in [1.165, 1.54) is 4.31 Å². The van der Waals surface area contributed by atoms with Crippen LogP contribution in [0.5, 0.6) is 0 Å². The lowest BCUT2D eigenvalue weighted by Crippen LogP contribution is -2.48. The summed E-state index contributed by atoms with van der Waals surface area (Å²) in [6.45, 7) is 7.23. The predicted molar refractivity (Wildman–Crippen MR) is 111 cm³/mol. The van der Waals surface area contributed by atoms with Gasteiger partial charge in [0.25, 0.3) is 0 Å². The SMILES string of the molecule is CCS(=O)(=O)c1ccc(N2CCN(S(=O)(=O)c3cc(C)ccc3C)CC2)cc1. The van der Waals surface area contributed by atoms with Crippen molar-refractivity contribution >= 4 is 25.5 Å². The number of nitrogens with zero attached hydrogens (tertiary/aromatic N) is 2. The van der Waals surface area contributed by atoms with E-state index >= 15 is 0 Å². The minimum atomic E-state index is -3.52. The van der Waals surface area contributed by atoms with Gasteiger partial charge in [-0.3, -0.25) is 0 Å². The van der Waals surface area contributed by atoms with E-state index in [1.807, 2.05) is 26.0 Å².